The van der Waals surface area contributed by atoms with E-state index in [0.717, 1.165) is 23.2 Å². The fourth-order valence-corrected chi connectivity index (χ4v) is 4.65. The Labute approximate surface area is 200 Å². The summed E-state index contributed by atoms with van der Waals surface area (Å²) in [6, 6.07) is 23.2. The molecule has 1 amide bonds. The van der Waals surface area contributed by atoms with Crippen LogP contribution in [0.15, 0.2) is 96.1 Å². The highest BCUT2D eigenvalue weighted by atomic mass is 19.1. The minimum Gasteiger partial charge on any atom is -0.348 e. The van der Waals surface area contributed by atoms with Crippen molar-refractivity contribution in [3.63, 3.8) is 0 Å². The first-order valence-electron chi connectivity index (χ1n) is 11.4. The maximum Gasteiger partial charge on any atom is 0.282 e. The molecule has 0 aromatic heterocycles. The number of pyridine rings is 1. The highest BCUT2D eigenvalue weighted by Crippen LogP contribution is 2.31. The number of amides is 1. The van der Waals surface area contributed by atoms with E-state index in [1.807, 2.05) is 42.5 Å². The molecule has 6 rings (SSSR count). The van der Waals surface area contributed by atoms with Crippen molar-refractivity contribution in [2.75, 3.05) is 11.4 Å². The molecular weight excluding hydrogens is 443 g/mol. The molecule has 0 bridgehead atoms. The average Bonchev–Trinajstić information content (AvgIpc) is 3.47. The largest absolute Gasteiger partial charge is 0.348 e. The van der Waals surface area contributed by atoms with Crippen LogP contribution in [0.2, 0.25) is 0 Å². The van der Waals surface area contributed by atoms with Crippen LogP contribution >= 0.6 is 0 Å². The third kappa shape index (κ3) is 3.71. The van der Waals surface area contributed by atoms with Crippen molar-refractivity contribution in [3.8, 4) is 16.9 Å². The maximum absolute atomic E-state index is 13.8. The third-order valence-corrected chi connectivity index (χ3v) is 6.36. The van der Waals surface area contributed by atoms with Gasteiger partial charge in [0.25, 0.3) is 11.5 Å². The van der Waals surface area contributed by atoms with Crippen LogP contribution in [0.3, 0.4) is 0 Å². The summed E-state index contributed by atoms with van der Waals surface area (Å²) < 4.78 is 16.5. The quantitative estimate of drug-likeness (QED) is 0.393. The van der Waals surface area contributed by atoms with Crippen molar-refractivity contribution < 1.29 is 9.18 Å². The number of aromatic nitrogens is 3. The van der Waals surface area contributed by atoms with E-state index in [-0.39, 0.29) is 17.3 Å². The fraction of sp³-hybridized carbons (Fsp3) is 0.107. The van der Waals surface area contributed by atoms with Gasteiger partial charge in [-0.15, -0.1) is 0 Å². The highest BCUT2D eigenvalue weighted by molar-refractivity contribution is 6.10. The van der Waals surface area contributed by atoms with Crippen molar-refractivity contribution in [1.29, 1.82) is 0 Å². The molecule has 0 aliphatic carbocycles. The molecule has 0 fully saturated rings. The number of carbonyl (C=O) groups is 1. The summed E-state index contributed by atoms with van der Waals surface area (Å²) in [6.07, 6.45) is 4.22. The van der Waals surface area contributed by atoms with Crippen molar-refractivity contribution >= 4 is 11.6 Å². The van der Waals surface area contributed by atoms with Gasteiger partial charge in [-0.1, -0.05) is 48.5 Å². The number of halogens is 1. The first kappa shape index (κ1) is 21.0. The first-order chi connectivity index (χ1) is 17.1. The van der Waals surface area contributed by atoms with Crippen LogP contribution in [0, 0.1) is 5.82 Å². The lowest BCUT2D eigenvalue weighted by Gasteiger charge is -2.20. The van der Waals surface area contributed by atoms with Gasteiger partial charge in [-0.05, 0) is 47.9 Å². The van der Waals surface area contributed by atoms with E-state index in [1.54, 1.807) is 46.1 Å². The van der Waals surface area contributed by atoms with Gasteiger partial charge in [0, 0.05) is 31.2 Å². The third-order valence-electron chi connectivity index (χ3n) is 6.36. The Morgan fingerprint density at radius 2 is 1.66 bits per heavy atom. The van der Waals surface area contributed by atoms with Gasteiger partial charge in [0.05, 0.1) is 16.8 Å². The van der Waals surface area contributed by atoms with E-state index < -0.39 is 0 Å². The lowest BCUT2D eigenvalue weighted by molar-refractivity contribution is 0.0989. The average molecular weight is 465 g/mol. The van der Waals surface area contributed by atoms with E-state index in [2.05, 4.69) is 5.10 Å². The van der Waals surface area contributed by atoms with Crippen LogP contribution in [0.4, 0.5) is 10.1 Å². The molecule has 3 aliphatic rings. The van der Waals surface area contributed by atoms with Crippen LogP contribution in [-0.2, 0) is 13.0 Å². The fourth-order valence-electron chi connectivity index (χ4n) is 4.65. The second kappa shape index (κ2) is 8.36. The van der Waals surface area contributed by atoms with Gasteiger partial charge < -0.3 is 9.47 Å². The second-order valence-corrected chi connectivity index (χ2v) is 8.62. The molecular formula is C28H21FN4O2. The zero-order valence-electron chi connectivity index (χ0n) is 18.8. The lowest BCUT2D eigenvalue weighted by atomic mass is 10.1. The summed E-state index contributed by atoms with van der Waals surface area (Å²) in [6.45, 7) is 0.944. The summed E-state index contributed by atoms with van der Waals surface area (Å²) >= 11 is 0. The molecule has 0 atom stereocenters. The van der Waals surface area contributed by atoms with Crippen LogP contribution in [0.5, 0.6) is 0 Å². The Morgan fingerprint density at radius 1 is 0.914 bits per heavy atom. The van der Waals surface area contributed by atoms with Crippen molar-refractivity contribution in [3.05, 3.63) is 124 Å². The molecule has 3 heterocycles. The summed E-state index contributed by atoms with van der Waals surface area (Å²) in [5, 5.41) is 4.58. The number of carbonyl (C=O) groups excluding carboxylic acids is 1. The molecule has 0 radical (unpaired) electrons. The summed E-state index contributed by atoms with van der Waals surface area (Å²) in [4.78, 5) is 29.0. The van der Waals surface area contributed by atoms with Gasteiger partial charge in [-0.3, -0.25) is 9.59 Å². The molecule has 0 saturated heterocycles. The number of hydrogen-bond acceptors (Lipinski definition) is 3. The first-order valence-corrected chi connectivity index (χ1v) is 11.4. The number of rotatable bonds is 4. The summed E-state index contributed by atoms with van der Waals surface area (Å²) in [5.41, 5.74) is 4.25. The molecule has 172 valence electrons. The number of fused-ring (bicyclic) bond motifs is 2. The standard InChI is InChI=1S/C28H21FN4O2/c29-21-12-10-19(11-13-21)16-31-17-23(27(34)32-15-14-20-6-4-5-9-25(20)32)26-24(18-31)28(35)33(30-26)22-7-2-1-3-8-22/h1-13,17-18H,14-16H2. The number of nitrogens with zero attached hydrogens (tertiary/aromatic N) is 4. The lowest BCUT2D eigenvalue weighted by Crippen LogP contribution is -2.30. The van der Waals surface area contributed by atoms with Gasteiger partial charge in [0.2, 0.25) is 0 Å². The van der Waals surface area contributed by atoms with Gasteiger partial charge >= 0.3 is 0 Å². The Bertz CT molecular complexity index is 1570. The molecule has 0 unspecified atom stereocenters. The normalized spacial score (nSPS) is 12.8. The number of hydrogen-bond donors (Lipinski definition) is 0. The second-order valence-electron chi connectivity index (χ2n) is 8.62. The zero-order valence-corrected chi connectivity index (χ0v) is 18.8. The van der Waals surface area contributed by atoms with Gasteiger partial charge in [-0.2, -0.15) is 9.78 Å². The molecule has 3 aliphatic heterocycles. The van der Waals surface area contributed by atoms with Crippen molar-refractivity contribution in [2.45, 2.75) is 13.0 Å². The minimum absolute atomic E-state index is 0.203. The number of para-hydroxylation sites is 2. The molecule has 6 nitrogen and oxygen atoms in total. The molecule has 3 aromatic rings. The van der Waals surface area contributed by atoms with E-state index in [0.29, 0.717) is 35.6 Å². The molecule has 0 saturated carbocycles. The Morgan fingerprint density at radius 3 is 2.46 bits per heavy atom. The molecule has 0 N–H and O–H groups in total. The highest BCUT2D eigenvalue weighted by Gasteiger charge is 2.31. The Balaban J connectivity index is 1.50. The summed E-state index contributed by atoms with van der Waals surface area (Å²) in [7, 11) is 0. The Kier molecular flexibility index (Phi) is 5.03. The molecule has 35 heavy (non-hydrogen) atoms. The van der Waals surface area contributed by atoms with Gasteiger partial charge in [0.1, 0.15) is 11.5 Å². The van der Waals surface area contributed by atoms with E-state index >= 15 is 0 Å². The zero-order chi connectivity index (χ0) is 23.9. The van der Waals surface area contributed by atoms with Gasteiger partial charge in [0.15, 0.2) is 0 Å². The summed E-state index contributed by atoms with van der Waals surface area (Å²) in [5.74, 6) is -0.519. The van der Waals surface area contributed by atoms with E-state index in [9.17, 15) is 14.0 Å². The topological polar surface area (TPSA) is 60.1 Å². The van der Waals surface area contributed by atoms with Crippen LogP contribution in [0.25, 0.3) is 16.9 Å². The SMILES string of the molecule is O=C(c1cn(Cc2ccc(F)cc2)cc2c(=O)n(-c3ccccc3)nc1-2)N1CCc2ccccc21. The predicted molar refractivity (Wildman–Crippen MR) is 132 cm³/mol. The maximum atomic E-state index is 13.8. The number of benzene rings is 3. The van der Waals surface area contributed by atoms with Crippen LogP contribution in [0.1, 0.15) is 21.5 Å². The molecule has 0 spiro atoms. The van der Waals surface area contributed by atoms with Crippen molar-refractivity contribution in [1.82, 2.24) is 14.3 Å². The smallest absolute Gasteiger partial charge is 0.282 e. The minimum atomic E-state index is -0.316. The van der Waals surface area contributed by atoms with Gasteiger partial charge in [-0.25, -0.2) is 4.39 Å². The van der Waals surface area contributed by atoms with Crippen LogP contribution in [-0.4, -0.2) is 26.8 Å². The Hall–Kier alpha value is -4.52. The molecule has 7 heteroatoms. The van der Waals surface area contributed by atoms with E-state index in [1.165, 1.54) is 16.8 Å². The predicted octanol–water partition coefficient (Wildman–Crippen LogP) is 4.53. The van der Waals surface area contributed by atoms with Crippen molar-refractivity contribution in [2.24, 2.45) is 0 Å². The number of anilines is 1. The monoisotopic (exact) mass is 464 g/mol. The van der Waals surface area contributed by atoms with Crippen LogP contribution < -0.4 is 10.5 Å². The molecule has 3 aromatic carbocycles. The van der Waals surface area contributed by atoms with E-state index in [4.69, 9.17) is 0 Å².